The lowest BCUT2D eigenvalue weighted by Crippen LogP contribution is -2.32. The van der Waals surface area contributed by atoms with E-state index in [1.807, 2.05) is 42.5 Å². The summed E-state index contributed by atoms with van der Waals surface area (Å²) in [4.78, 5) is 11.9. The van der Waals surface area contributed by atoms with Crippen LogP contribution < -0.4 is 15.8 Å². The van der Waals surface area contributed by atoms with Gasteiger partial charge in [0, 0.05) is 12.1 Å². The second kappa shape index (κ2) is 5.58. The van der Waals surface area contributed by atoms with Crippen molar-refractivity contribution in [2.75, 3.05) is 13.7 Å². The molecular formula is C17H18N2O2. The summed E-state index contributed by atoms with van der Waals surface area (Å²) in [7, 11) is 1.64. The Labute approximate surface area is 123 Å². The highest BCUT2D eigenvalue weighted by Gasteiger charge is 2.18. The Morgan fingerprint density at radius 3 is 2.57 bits per heavy atom. The van der Waals surface area contributed by atoms with Gasteiger partial charge in [-0.25, -0.2) is 0 Å². The van der Waals surface area contributed by atoms with E-state index in [0.717, 1.165) is 34.4 Å². The van der Waals surface area contributed by atoms with Gasteiger partial charge < -0.3 is 15.8 Å². The average Bonchev–Trinajstić information content (AvgIpc) is 2.54. The lowest BCUT2D eigenvalue weighted by Gasteiger charge is -2.19. The third-order valence-corrected chi connectivity index (χ3v) is 3.89. The zero-order chi connectivity index (χ0) is 14.8. The Kier molecular flexibility index (Phi) is 3.62. The second-order valence-corrected chi connectivity index (χ2v) is 5.17. The Morgan fingerprint density at radius 2 is 1.86 bits per heavy atom. The van der Waals surface area contributed by atoms with Crippen LogP contribution in [-0.2, 0) is 6.42 Å². The number of methoxy groups -OCH3 is 1. The van der Waals surface area contributed by atoms with Gasteiger partial charge in [-0.1, -0.05) is 24.3 Å². The molecule has 4 nitrogen and oxygen atoms in total. The monoisotopic (exact) mass is 282 g/mol. The fourth-order valence-electron chi connectivity index (χ4n) is 2.63. The van der Waals surface area contributed by atoms with Crippen molar-refractivity contribution >= 4 is 5.91 Å². The Morgan fingerprint density at radius 1 is 1.14 bits per heavy atom. The number of nitrogens with one attached hydrogen (secondary N) is 1. The van der Waals surface area contributed by atoms with Gasteiger partial charge in [-0.05, 0) is 41.3 Å². The molecule has 0 spiro atoms. The quantitative estimate of drug-likeness (QED) is 0.905. The topological polar surface area (TPSA) is 64.3 Å². The van der Waals surface area contributed by atoms with Crippen molar-refractivity contribution in [3.05, 3.63) is 64.7 Å². The maximum atomic E-state index is 11.9. The third-order valence-electron chi connectivity index (χ3n) is 3.89. The first-order chi connectivity index (χ1) is 10.2. The van der Waals surface area contributed by atoms with E-state index in [0.29, 0.717) is 6.54 Å². The molecule has 0 fully saturated rings. The summed E-state index contributed by atoms with van der Waals surface area (Å²) in [6, 6.07) is 13.3. The molecule has 1 amide bonds. The summed E-state index contributed by atoms with van der Waals surface area (Å²) >= 11 is 0. The smallest absolute Gasteiger partial charge is 0.251 e. The molecule has 0 saturated heterocycles. The molecule has 108 valence electrons. The minimum absolute atomic E-state index is 0.0139. The predicted octanol–water partition coefficient (Wildman–Crippen LogP) is 2.03. The van der Waals surface area contributed by atoms with Crippen LogP contribution in [0.1, 0.15) is 33.1 Å². The zero-order valence-corrected chi connectivity index (χ0v) is 11.9. The summed E-state index contributed by atoms with van der Waals surface area (Å²) in [6.07, 6.45) is 0.874. The van der Waals surface area contributed by atoms with E-state index in [1.165, 1.54) is 0 Å². The highest BCUT2D eigenvalue weighted by atomic mass is 16.5. The molecule has 4 heteroatoms. The van der Waals surface area contributed by atoms with Crippen LogP contribution in [0.15, 0.2) is 42.5 Å². The molecule has 1 aliphatic rings. The highest BCUT2D eigenvalue weighted by Crippen LogP contribution is 2.25. The van der Waals surface area contributed by atoms with Crippen molar-refractivity contribution in [2.45, 2.75) is 12.5 Å². The van der Waals surface area contributed by atoms with Crippen LogP contribution in [0.3, 0.4) is 0 Å². The van der Waals surface area contributed by atoms with Crippen molar-refractivity contribution < 1.29 is 9.53 Å². The van der Waals surface area contributed by atoms with Crippen LogP contribution in [-0.4, -0.2) is 19.6 Å². The minimum Gasteiger partial charge on any atom is -0.497 e. The Balaban J connectivity index is 1.92. The van der Waals surface area contributed by atoms with E-state index in [-0.39, 0.29) is 11.9 Å². The van der Waals surface area contributed by atoms with Crippen LogP contribution in [0.5, 0.6) is 5.75 Å². The number of nitrogens with two attached hydrogens (primary N) is 1. The minimum atomic E-state index is -0.254. The molecule has 3 rings (SSSR count). The van der Waals surface area contributed by atoms with Crippen molar-refractivity contribution in [1.29, 1.82) is 0 Å². The fraction of sp³-hybridized carbons (Fsp3) is 0.235. The molecule has 3 N–H and O–H groups in total. The molecule has 0 bridgehead atoms. The Hall–Kier alpha value is -2.33. The van der Waals surface area contributed by atoms with Gasteiger partial charge in [-0.15, -0.1) is 0 Å². The normalized spacial score (nSPS) is 15.0. The zero-order valence-electron chi connectivity index (χ0n) is 11.9. The van der Waals surface area contributed by atoms with Gasteiger partial charge in [0.2, 0.25) is 0 Å². The van der Waals surface area contributed by atoms with Crippen LogP contribution in [0.4, 0.5) is 0 Å². The number of benzene rings is 2. The molecule has 2 aromatic carbocycles. The van der Waals surface area contributed by atoms with Crippen LogP contribution in [0, 0.1) is 0 Å². The standard InChI is InChI=1S/C17H18N2O2/c1-21-14-6-4-12(5-7-14)16(18)13-3-2-11-8-9-19-17(20)15(11)10-13/h2-7,10,16H,8-9,18H2,1H3,(H,19,20). The molecule has 0 radical (unpaired) electrons. The molecule has 21 heavy (non-hydrogen) atoms. The first-order valence-electron chi connectivity index (χ1n) is 6.99. The number of fused-ring (bicyclic) bond motifs is 1. The lowest BCUT2D eigenvalue weighted by atomic mass is 9.93. The third kappa shape index (κ3) is 2.62. The van der Waals surface area contributed by atoms with Crippen molar-refractivity contribution in [3.63, 3.8) is 0 Å². The predicted molar refractivity (Wildman–Crippen MR) is 81.5 cm³/mol. The summed E-state index contributed by atoms with van der Waals surface area (Å²) in [5, 5.41) is 2.86. The number of ether oxygens (including phenoxy) is 1. The molecule has 2 aromatic rings. The maximum absolute atomic E-state index is 11.9. The van der Waals surface area contributed by atoms with Gasteiger partial charge in [0.05, 0.1) is 13.2 Å². The first-order valence-corrected chi connectivity index (χ1v) is 6.99. The van der Waals surface area contributed by atoms with Crippen LogP contribution in [0.2, 0.25) is 0 Å². The van der Waals surface area contributed by atoms with E-state index in [9.17, 15) is 4.79 Å². The molecule has 1 aliphatic heterocycles. The molecule has 1 heterocycles. The summed E-state index contributed by atoms with van der Waals surface area (Å²) in [5.41, 5.74) is 10.1. The van der Waals surface area contributed by atoms with Gasteiger partial charge >= 0.3 is 0 Å². The molecule has 0 aliphatic carbocycles. The highest BCUT2D eigenvalue weighted by molar-refractivity contribution is 5.96. The van der Waals surface area contributed by atoms with E-state index in [4.69, 9.17) is 10.5 Å². The van der Waals surface area contributed by atoms with Gasteiger partial charge in [-0.3, -0.25) is 4.79 Å². The van der Waals surface area contributed by atoms with Gasteiger partial charge in [-0.2, -0.15) is 0 Å². The number of carbonyl (C=O) groups excluding carboxylic acids is 1. The molecule has 0 aromatic heterocycles. The Bertz CT molecular complexity index is 665. The van der Waals surface area contributed by atoms with Crippen molar-refractivity contribution in [2.24, 2.45) is 5.73 Å². The number of hydrogen-bond donors (Lipinski definition) is 2. The fourth-order valence-corrected chi connectivity index (χ4v) is 2.63. The van der Waals surface area contributed by atoms with Crippen molar-refractivity contribution in [3.8, 4) is 5.75 Å². The summed E-state index contributed by atoms with van der Waals surface area (Å²) in [5.74, 6) is 0.788. The number of carbonyl (C=O) groups is 1. The van der Waals surface area contributed by atoms with E-state index < -0.39 is 0 Å². The molecule has 0 saturated carbocycles. The van der Waals surface area contributed by atoms with Crippen LogP contribution in [0.25, 0.3) is 0 Å². The molecular weight excluding hydrogens is 264 g/mol. The average molecular weight is 282 g/mol. The van der Waals surface area contributed by atoms with Crippen LogP contribution >= 0.6 is 0 Å². The lowest BCUT2D eigenvalue weighted by molar-refractivity contribution is 0.0946. The van der Waals surface area contributed by atoms with Crippen molar-refractivity contribution in [1.82, 2.24) is 5.32 Å². The summed E-state index contributed by atoms with van der Waals surface area (Å²) < 4.78 is 5.15. The SMILES string of the molecule is COc1ccc(C(N)c2ccc3c(c2)C(=O)NCC3)cc1. The van der Waals surface area contributed by atoms with E-state index >= 15 is 0 Å². The number of hydrogen-bond acceptors (Lipinski definition) is 3. The molecule has 1 atom stereocenters. The molecule has 1 unspecified atom stereocenters. The summed E-state index contributed by atoms with van der Waals surface area (Å²) in [6.45, 7) is 0.704. The van der Waals surface area contributed by atoms with E-state index in [2.05, 4.69) is 5.32 Å². The largest absolute Gasteiger partial charge is 0.497 e. The maximum Gasteiger partial charge on any atom is 0.251 e. The van der Waals surface area contributed by atoms with E-state index in [1.54, 1.807) is 7.11 Å². The van der Waals surface area contributed by atoms with Gasteiger partial charge in [0.15, 0.2) is 0 Å². The number of rotatable bonds is 3. The van der Waals surface area contributed by atoms with Gasteiger partial charge in [0.25, 0.3) is 5.91 Å². The van der Waals surface area contributed by atoms with Gasteiger partial charge in [0.1, 0.15) is 5.75 Å². The first kappa shape index (κ1) is 13.6. The second-order valence-electron chi connectivity index (χ2n) is 5.17. The number of amides is 1.